The molecule has 0 aliphatic rings. The Kier molecular flexibility index (Phi) is 4.31. The molecular formula is C16H15N3S2. The van der Waals surface area contributed by atoms with Crippen LogP contribution in [0.5, 0.6) is 0 Å². The summed E-state index contributed by atoms with van der Waals surface area (Å²) in [5.74, 6) is 1.55. The second kappa shape index (κ2) is 6.37. The lowest BCUT2D eigenvalue weighted by Crippen LogP contribution is -1.85. The summed E-state index contributed by atoms with van der Waals surface area (Å²) in [6.45, 7) is 0. The summed E-state index contributed by atoms with van der Waals surface area (Å²) >= 11 is 3.42. The van der Waals surface area contributed by atoms with Gasteiger partial charge in [-0.3, -0.25) is 5.10 Å². The average Bonchev–Trinajstić information content (AvgIpc) is 3.04. The molecule has 0 saturated heterocycles. The van der Waals surface area contributed by atoms with Crippen molar-refractivity contribution in [2.75, 3.05) is 12.5 Å². The Bertz CT molecular complexity index is 691. The molecule has 3 rings (SSSR count). The van der Waals surface area contributed by atoms with Crippen LogP contribution in [-0.4, -0.2) is 27.7 Å². The first-order valence-electron chi connectivity index (χ1n) is 6.52. The van der Waals surface area contributed by atoms with Crippen LogP contribution in [-0.2, 0) is 0 Å². The largest absolute Gasteiger partial charge is 0.259 e. The molecule has 1 aromatic heterocycles. The van der Waals surface area contributed by atoms with E-state index in [4.69, 9.17) is 0 Å². The molecule has 0 atom stereocenters. The maximum Gasteiger partial charge on any atom is 0.182 e. The van der Waals surface area contributed by atoms with Crippen LogP contribution in [0.1, 0.15) is 0 Å². The molecule has 1 heterocycles. The van der Waals surface area contributed by atoms with E-state index in [-0.39, 0.29) is 0 Å². The summed E-state index contributed by atoms with van der Waals surface area (Å²) in [6.07, 6.45) is 4.13. The number of nitrogens with one attached hydrogen (secondary N) is 1. The van der Waals surface area contributed by atoms with Crippen molar-refractivity contribution in [2.45, 2.75) is 9.79 Å². The van der Waals surface area contributed by atoms with Gasteiger partial charge in [0.2, 0.25) is 0 Å². The number of hydrogen-bond donors (Lipinski definition) is 1. The van der Waals surface area contributed by atoms with Crippen molar-refractivity contribution in [2.24, 2.45) is 0 Å². The molecule has 3 aromatic rings. The third kappa shape index (κ3) is 2.84. The monoisotopic (exact) mass is 313 g/mol. The van der Waals surface area contributed by atoms with Gasteiger partial charge in [0.05, 0.1) is 0 Å². The molecule has 0 fully saturated rings. The summed E-state index contributed by atoms with van der Waals surface area (Å²) in [4.78, 5) is 7.05. The standard InChI is InChI=1S/C16H15N3S2/c1-20-13-9-5-3-7-11(13)15-17-16(19-18-15)12-8-4-6-10-14(12)21-2/h3-10H,1-2H3,(H,17,18,19). The molecule has 0 saturated carbocycles. The predicted molar refractivity (Wildman–Crippen MR) is 90.8 cm³/mol. The number of nitrogens with zero attached hydrogens (tertiary/aromatic N) is 2. The highest BCUT2D eigenvalue weighted by Gasteiger charge is 2.12. The summed E-state index contributed by atoms with van der Waals surface area (Å²) in [5, 5.41) is 7.45. The predicted octanol–water partition coefficient (Wildman–Crippen LogP) is 4.58. The topological polar surface area (TPSA) is 41.6 Å². The van der Waals surface area contributed by atoms with Crippen molar-refractivity contribution in [1.82, 2.24) is 15.2 Å². The molecule has 21 heavy (non-hydrogen) atoms. The highest BCUT2D eigenvalue weighted by molar-refractivity contribution is 7.99. The molecule has 0 spiro atoms. The van der Waals surface area contributed by atoms with Crippen LogP contribution in [0.4, 0.5) is 0 Å². The van der Waals surface area contributed by atoms with Crippen LogP contribution >= 0.6 is 23.5 Å². The van der Waals surface area contributed by atoms with Gasteiger partial charge >= 0.3 is 0 Å². The third-order valence-electron chi connectivity index (χ3n) is 3.20. The van der Waals surface area contributed by atoms with E-state index in [1.165, 1.54) is 9.79 Å². The van der Waals surface area contributed by atoms with E-state index in [1.807, 2.05) is 24.3 Å². The van der Waals surface area contributed by atoms with Crippen molar-refractivity contribution in [3.05, 3.63) is 48.5 Å². The van der Waals surface area contributed by atoms with Gasteiger partial charge in [-0.25, -0.2) is 4.98 Å². The molecular weight excluding hydrogens is 298 g/mol. The van der Waals surface area contributed by atoms with Gasteiger partial charge in [-0.05, 0) is 30.7 Å². The van der Waals surface area contributed by atoms with Crippen molar-refractivity contribution < 1.29 is 0 Å². The number of H-pyrrole nitrogens is 1. The number of benzene rings is 2. The second-order valence-electron chi connectivity index (χ2n) is 4.41. The first kappa shape index (κ1) is 14.2. The zero-order valence-corrected chi connectivity index (χ0v) is 13.5. The van der Waals surface area contributed by atoms with Gasteiger partial charge < -0.3 is 0 Å². The van der Waals surface area contributed by atoms with E-state index in [1.54, 1.807) is 23.5 Å². The van der Waals surface area contributed by atoms with Crippen molar-refractivity contribution in [3.8, 4) is 22.8 Å². The van der Waals surface area contributed by atoms with Gasteiger partial charge in [0, 0.05) is 20.9 Å². The fourth-order valence-electron chi connectivity index (χ4n) is 2.17. The van der Waals surface area contributed by atoms with Crippen molar-refractivity contribution in [1.29, 1.82) is 0 Å². The zero-order valence-electron chi connectivity index (χ0n) is 11.8. The van der Waals surface area contributed by atoms with E-state index in [9.17, 15) is 0 Å². The lowest BCUT2D eigenvalue weighted by atomic mass is 10.2. The molecule has 0 bridgehead atoms. The van der Waals surface area contributed by atoms with Crippen LogP contribution in [0.3, 0.4) is 0 Å². The van der Waals surface area contributed by atoms with E-state index in [2.05, 4.69) is 52.0 Å². The maximum atomic E-state index is 4.67. The minimum absolute atomic E-state index is 0.742. The van der Waals surface area contributed by atoms with Gasteiger partial charge in [0.1, 0.15) is 0 Å². The number of hydrogen-bond acceptors (Lipinski definition) is 4. The summed E-state index contributed by atoms with van der Waals surface area (Å²) < 4.78 is 0. The highest BCUT2D eigenvalue weighted by atomic mass is 32.2. The molecule has 2 aromatic carbocycles. The number of aromatic nitrogens is 3. The van der Waals surface area contributed by atoms with Gasteiger partial charge in [0.15, 0.2) is 11.6 Å². The van der Waals surface area contributed by atoms with E-state index in [0.717, 1.165) is 22.8 Å². The fraction of sp³-hybridized carbons (Fsp3) is 0.125. The Morgan fingerprint density at radius 3 is 2.05 bits per heavy atom. The fourth-order valence-corrected chi connectivity index (χ4v) is 3.37. The molecule has 0 amide bonds. The lowest BCUT2D eigenvalue weighted by molar-refractivity contribution is 1.09. The zero-order chi connectivity index (χ0) is 14.7. The van der Waals surface area contributed by atoms with Crippen LogP contribution in [0.25, 0.3) is 22.8 Å². The molecule has 0 aliphatic heterocycles. The average molecular weight is 313 g/mol. The summed E-state index contributed by atoms with van der Waals surface area (Å²) in [7, 11) is 0. The van der Waals surface area contributed by atoms with Crippen molar-refractivity contribution in [3.63, 3.8) is 0 Å². The van der Waals surface area contributed by atoms with E-state index < -0.39 is 0 Å². The summed E-state index contributed by atoms with van der Waals surface area (Å²) in [5.41, 5.74) is 2.15. The smallest absolute Gasteiger partial charge is 0.182 e. The quantitative estimate of drug-likeness (QED) is 0.716. The maximum absolute atomic E-state index is 4.67. The second-order valence-corrected chi connectivity index (χ2v) is 6.10. The Balaban J connectivity index is 2.04. The Labute approximate surface area is 132 Å². The lowest BCUT2D eigenvalue weighted by Gasteiger charge is -2.03. The minimum Gasteiger partial charge on any atom is -0.259 e. The van der Waals surface area contributed by atoms with Gasteiger partial charge in [-0.2, -0.15) is 5.10 Å². The highest BCUT2D eigenvalue weighted by Crippen LogP contribution is 2.31. The molecule has 0 aliphatic carbocycles. The minimum atomic E-state index is 0.742. The van der Waals surface area contributed by atoms with E-state index >= 15 is 0 Å². The van der Waals surface area contributed by atoms with Gasteiger partial charge in [-0.15, -0.1) is 23.5 Å². The van der Waals surface area contributed by atoms with Crippen LogP contribution < -0.4 is 0 Å². The third-order valence-corrected chi connectivity index (χ3v) is 4.79. The van der Waals surface area contributed by atoms with Crippen LogP contribution in [0.2, 0.25) is 0 Å². The first-order valence-corrected chi connectivity index (χ1v) is 8.97. The molecule has 0 radical (unpaired) electrons. The Morgan fingerprint density at radius 2 is 1.38 bits per heavy atom. The van der Waals surface area contributed by atoms with Crippen LogP contribution in [0, 0.1) is 0 Å². The van der Waals surface area contributed by atoms with Crippen LogP contribution in [0.15, 0.2) is 58.3 Å². The number of aromatic amines is 1. The summed E-state index contributed by atoms with van der Waals surface area (Å²) in [6, 6.07) is 16.4. The normalized spacial score (nSPS) is 10.8. The Hall–Kier alpha value is -1.72. The molecule has 106 valence electrons. The Morgan fingerprint density at radius 1 is 0.810 bits per heavy atom. The first-order chi connectivity index (χ1) is 10.3. The number of rotatable bonds is 4. The molecule has 1 N–H and O–H groups in total. The molecule has 0 unspecified atom stereocenters. The number of thioether (sulfide) groups is 2. The van der Waals surface area contributed by atoms with E-state index in [0.29, 0.717) is 0 Å². The molecule has 3 nitrogen and oxygen atoms in total. The van der Waals surface area contributed by atoms with Gasteiger partial charge in [-0.1, -0.05) is 30.3 Å². The van der Waals surface area contributed by atoms with Crippen molar-refractivity contribution >= 4 is 23.5 Å². The SMILES string of the molecule is CSc1ccccc1-c1n[nH]c(-c2ccccc2SC)n1. The molecule has 5 heteroatoms. The van der Waals surface area contributed by atoms with Gasteiger partial charge in [0.25, 0.3) is 0 Å².